The van der Waals surface area contributed by atoms with Crippen molar-refractivity contribution in [2.45, 2.75) is 22.8 Å². The molecule has 5 nitrogen and oxygen atoms in total. The van der Waals surface area contributed by atoms with Crippen LogP contribution in [0.4, 0.5) is 5.69 Å². The number of rotatable bonds is 6. The largest absolute Gasteiger partial charge is 0.449 e. The molecule has 1 aromatic heterocycles. The average Bonchev–Trinajstić information content (AvgIpc) is 2.70. The summed E-state index contributed by atoms with van der Waals surface area (Å²) in [5, 5.41) is 3.10. The lowest BCUT2D eigenvalue weighted by Gasteiger charge is -2.15. The van der Waals surface area contributed by atoms with Gasteiger partial charge in [-0.05, 0) is 43.3 Å². The van der Waals surface area contributed by atoms with Gasteiger partial charge < -0.3 is 10.1 Å². The smallest absolute Gasteiger partial charge is 0.340 e. The highest BCUT2D eigenvalue weighted by Crippen LogP contribution is 2.33. The summed E-state index contributed by atoms with van der Waals surface area (Å²) in [7, 11) is 0. The van der Waals surface area contributed by atoms with Crippen LogP contribution in [0, 0.1) is 0 Å². The highest BCUT2D eigenvalue weighted by Gasteiger charge is 2.20. The first-order chi connectivity index (χ1) is 13.5. The topological polar surface area (TPSA) is 68.3 Å². The van der Waals surface area contributed by atoms with Crippen LogP contribution >= 0.6 is 23.4 Å². The van der Waals surface area contributed by atoms with Gasteiger partial charge in [-0.15, -0.1) is 0 Å². The summed E-state index contributed by atoms with van der Waals surface area (Å²) in [6.07, 6.45) is 0.333. The normalized spacial score (nSPS) is 11.5. The second kappa shape index (κ2) is 9.39. The molecule has 0 spiro atoms. The molecule has 0 aliphatic rings. The van der Waals surface area contributed by atoms with Crippen molar-refractivity contribution >= 4 is 40.9 Å². The van der Waals surface area contributed by atoms with Crippen LogP contribution < -0.4 is 5.32 Å². The molecule has 142 valence electrons. The lowest BCUT2D eigenvalue weighted by Crippen LogP contribution is -2.30. The molecule has 0 aliphatic heterocycles. The molecule has 0 radical (unpaired) electrons. The number of hydrogen-bond donors (Lipinski definition) is 1. The van der Waals surface area contributed by atoms with Gasteiger partial charge in [-0.2, -0.15) is 0 Å². The first-order valence-corrected chi connectivity index (χ1v) is 9.67. The molecule has 28 heavy (non-hydrogen) atoms. The number of halogens is 1. The highest BCUT2D eigenvalue weighted by molar-refractivity contribution is 7.99. The van der Waals surface area contributed by atoms with E-state index >= 15 is 0 Å². The summed E-state index contributed by atoms with van der Waals surface area (Å²) in [6, 6.07) is 20.3. The maximum absolute atomic E-state index is 12.5. The van der Waals surface area contributed by atoms with Crippen molar-refractivity contribution in [3.63, 3.8) is 0 Å². The second-order valence-corrected chi connectivity index (χ2v) is 7.32. The number of nitrogens with zero attached hydrogens (tertiary/aromatic N) is 1. The van der Waals surface area contributed by atoms with Gasteiger partial charge in [0.25, 0.3) is 5.91 Å². The van der Waals surface area contributed by atoms with Gasteiger partial charge in [0.15, 0.2) is 6.10 Å². The monoisotopic (exact) mass is 412 g/mol. The third-order valence-corrected chi connectivity index (χ3v) is 5.04. The van der Waals surface area contributed by atoms with Crippen LogP contribution in [-0.2, 0) is 9.53 Å². The number of carbonyl (C=O) groups excluding carboxylic acids is 2. The van der Waals surface area contributed by atoms with Crippen LogP contribution in [0.15, 0.2) is 82.7 Å². The number of para-hydroxylation sites is 1. The Morgan fingerprint density at radius 3 is 2.46 bits per heavy atom. The summed E-state index contributed by atoms with van der Waals surface area (Å²) < 4.78 is 5.23. The first kappa shape index (κ1) is 19.9. The number of ether oxygens (including phenoxy) is 1. The van der Waals surface area contributed by atoms with E-state index in [0.717, 1.165) is 9.79 Å². The fraction of sp³-hybridized carbons (Fsp3) is 0.0952. The standard InChI is InChI=1S/C21H17ClN2O3S/c1-14(27-21(26)15-11-12-19(22)23-13-15)20(25)24-17-9-5-6-10-18(17)28-16-7-3-2-4-8-16/h2-14H,1H3,(H,24,25)/t14-/m0/s1. The first-order valence-electron chi connectivity index (χ1n) is 8.48. The van der Waals surface area contributed by atoms with Crippen molar-refractivity contribution in [2.24, 2.45) is 0 Å². The molecule has 3 rings (SSSR count). The van der Waals surface area contributed by atoms with E-state index in [1.807, 2.05) is 48.5 Å². The van der Waals surface area contributed by atoms with Crippen LogP contribution in [-0.4, -0.2) is 23.0 Å². The Bertz CT molecular complexity index is 965. The van der Waals surface area contributed by atoms with Crippen molar-refractivity contribution in [1.82, 2.24) is 4.98 Å². The molecular formula is C21H17ClN2O3S. The number of esters is 1. The molecule has 0 bridgehead atoms. The van der Waals surface area contributed by atoms with Gasteiger partial charge in [-0.3, -0.25) is 4.79 Å². The zero-order chi connectivity index (χ0) is 19.9. The van der Waals surface area contributed by atoms with E-state index < -0.39 is 18.0 Å². The van der Waals surface area contributed by atoms with Crippen LogP contribution in [0.2, 0.25) is 5.15 Å². The second-order valence-electron chi connectivity index (χ2n) is 5.82. The minimum absolute atomic E-state index is 0.226. The minimum Gasteiger partial charge on any atom is -0.449 e. The number of hydrogen-bond acceptors (Lipinski definition) is 5. The van der Waals surface area contributed by atoms with Crippen molar-refractivity contribution < 1.29 is 14.3 Å². The summed E-state index contributed by atoms with van der Waals surface area (Å²) >= 11 is 7.24. The summed E-state index contributed by atoms with van der Waals surface area (Å²) in [6.45, 7) is 1.52. The maximum Gasteiger partial charge on any atom is 0.340 e. The molecule has 1 heterocycles. The van der Waals surface area contributed by atoms with Gasteiger partial charge in [0.1, 0.15) is 5.15 Å². The molecule has 3 aromatic rings. The lowest BCUT2D eigenvalue weighted by atomic mass is 10.2. The quantitative estimate of drug-likeness (QED) is 0.452. The number of pyridine rings is 1. The Kier molecular flexibility index (Phi) is 6.68. The van der Waals surface area contributed by atoms with Crippen molar-refractivity contribution in [3.8, 4) is 0 Å². The predicted molar refractivity (Wildman–Crippen MR) is 110 cm³/mol. The van der Waals surface area contributed by atoms with Crippen LogP contribution in [0.5, 0.6) is 0 Å². The highest BCUT2D eigenvalue weighted by atomic mass is 35.5. The lowest BCUT2D eigenvalue weighted by molar-refractivity contribution is -0.123. The van der Waals surface area contributed by atoms with E-state index in [4.69, 9.17) is 16.3 Å². The molecule has 0 saturated carbocycles. The predicted octanol–water partition coefficient (Wildman–Crippen LogP) is 5.07. The fourth-order valence-electron chi connectivity index (χ4n) is 2.29. The molecule has 1 amide bonds. The Morgan fingerprint density at radius 2 is 1.75 bits per heavy atom. The zero-order valence-corrected chi connectivity index (χ0v) is 16.5. The Labute approximate surface area is 172 Å². The van der Waals surface area contributed by atoms with Gasteiger partial charge in [-0.25, -0.2) is 9.78 Å². The van der Waals surface area contributed by atoms with E-state index in [1.54, 1.807) is 6.07 Å². The Hall–Kier alpha value is -2.83. The van der Waals surface area contributed by atoms with Gasteiger partial charge in [-0.1, -0.05) is 53.7 Å². The van der Waals surface area contributed by atoms with Crippen LogP contribution in [0.1, 0.15) is 17.3 Å². The molecule has 0 aliphatic carbocycles. The van der Waals surface area contributed by atoms with Crippen molar-refractivity contribution in [2.75, 3.05) is 5.32 Å². The molecule has 0 unspecified atom stereocenters. The zero-order valence-electron chi connectivity index (χ0n) is 15.0. The number of benzene rings is 2. The maximum atomic E-state index is 12.5. The van der Waals surface area contributed by atoms with Gasteiger partial charge in [0.05, 0.1) is 11.3 Å². The number of amides is 1. The molecule has 1 N–H and O–H groups in total. The number of anilines is 1. The number of nitrogens with one attached hydrogen (secondary N) is 1. The third kappa shape index (κ3) is 5.34. The van der Waals surface area contributed by atoms with E-state index in [1.165, 1.54) is 37.0 Å². The minimum atomic E-state index is -0.974. The number of carbonyl (C=O) groups is 2. The Balaban J connectivity index is 1.65. The molecule has 0 saturated heterocycles. The van der Waals surface area contributed by atoms with Crippen molar-refractivity contribution in [3.05, 3.63) is 83.6 Å². The molecule has 1 atom stereocenters. The van der Waals surface area contributed by atoms with Gasteiger partial charge in [0.2, 0.25) is 0 Å². The van der Waals surface area contributed by atoms with Crippen LogP contribution in [0.25, 0.3) is 0 Å². The summed E-state index contributed by atoms with van der Waals surface area (Å²) in [4.78, 5) is 30.4. The van der Waals surface area contributed by atoms with Gasteiger partial charge in [0, 0.05) is 16.0 Å². The fourth-order valence-corrected chi connectivity index (χ4v) is 3.32. The third-order valence-electron chi connectivity index (χ3n) is 3.73. The Morgan fingerprint density at radius 1 is 1.04 bits per heavy atom. The SMILES string of the molecule is C[C@H](OC(=O)c1ccc(Cl)nc1)C(=O)Nc1ccccc1Sc1ccccc1. The molecule has 7 heteroatoms. The van der Waals surface area contributed by atoms with E-state index in [-0.39, 0.29) is 10.7 Å². The number of aromatic nitrogens is 1. The van der Waals surface area contributed by atoms with Crippen molar-refractivity contribution in [1.29, 1.82) is 0 Å². The van der Waals surface area contributed by atoms with E-state index in [0.29, 0.717) is 5.69 Å². The van der Waals surface area contributed by atoms with E-state index in [2.05, 4.69) is 10.3 Å². The molecule has 0 fully saturated rings. The van der Waals surface area contributed by atoms with Gasteiger partial charge >= 0.3 is 5.97 Å². The molecule has 2 aromatic carbocycles. The average molecular weight is 413 g/mol. The van der Waals surface area contributed by atoms with E-state index in [9.17, 15) is 9.59 Å². The van der Waals surface area contributed by atoms with Crippen LogP contribution in [0.3, 0.4) is 0 Å². The molecular weight excluding hydrogens is 396 g/mol. The summed E-state index contributed by atoms with van der Waals surface area (Å²) in [5.41, 5.74) is 0.876. The summed E-state index contributed by atoms with van der Waals surface area (Å²) in [5.74, 6) is -1.06.